The molecule has 0 spiro atoms. The Morgan fingerprint density at radius 2 is 2.03 bits per heavy atom. The maximum absolute atomic E-state index is 13.1. The van der Waals surface area contributed by atoms with E-state index in [4.69, 9.17) is 5.73 Å². The zero-order chi connectivity index (χ0) is 22.0. The third-order valence-corrected chi connectivity index (χ3v) is 6.47. The number of anilines is 1. The average Bonchev–Trinajstić information content (AvgIpc) is 3.36. The summed E-state index contributed by atoms with van der Waals surface area (Å²) in [5.41, 5.74) is 8.90. The Kier molecular flexibility index (Phi) is 6.32. The van der Waals surface area contributed by atoms with Crippen molar-refractivity contribution in [3.8, 4) is 0 Å². The molecule has 2 heterocycles. The summed E-state index contributed by atoms with van der Waals surface area (Å²) in [6, 6.07) is 9.40. The van der Waals surface area contributed by atoms with Crippen LogP contribution in [0, 0.1) is 11.7 Å². The molecule has 0 bridgehead atoms. The van der Waals surface area contributed by atoms with Crippen LogP contribution in [0.2, 0.25) is 0 Å². The average molecular weight is 425 g/mol. The van der Waals surface area contributed by atoms with Crippen LogP contribution in [0.5, 0.6) is 0 Å². The molecule has 1 unspecified atom stereocenters. The molecular weight excluding hydrogens is 395 g/mol. The number of halogens is 1. The number of aryl methyl sites for hydroxylation is 1. The predicted molar refractivity (Wildman–Crippen MR) is 117 cm³/mol. The molecule has 1 aliphatic carbocycles. The van der Waals surface area contributed by atoms with Crippen molar-refractivity contribution in [2.45, 2.75) is 57.0 Å². The lowest BCUT2D eigenvalue weighted by molar-refractivity contribution is -0.128. The van der Waals surface area contributed by atoms with E-state index in [0.717, 1.165) is 42.6 Å². The number of carbonyl (C=O) groups is 2. The van der Waals surface area contributed by atoms with Crippen LogP contribution in [0.1, 0.15) is 48.9 Å². The molecule has 7 heteroatoms. The number of nitrogens with two attached hydrogens (primary N) is 1. The monoisotopic (exact) mass is 424 g/mol. The van der Waals surface area contributed by atoms with Gasteiger partial charge in [0, 0.05) is 12.1 Å². The predicted octanol–water partition coefficient (Wildman–Crippen LogP) is 2.52. The summed E-state index contributed by atoms with van der Waals surface area (Å²) in [6.07, 6.45) is 3.61. The molecule has 1 aliphatic heterocycles. The molecule has 164 valence electrons. The van der Waals surface area contributed by atoms with E-state index < -0.39 is 6.04 Å². The number of nitrogens with one attached hydrogen (secondary N) is 2. The lowest BCUT2D eigenvalue weighted by Crippen LogP contribution is -2.47. The van der Waals surface area contributed by atoms with Gasteiger partial charge in [-0.1, -0.05) is 18.2 Å². The van der Waals surface area contributed by atoms with Gasteiger partial charge in [-0.2, -0.15) is 0 Å². The number of fused-ring (bicyclic) bond motifs is 1. The Balaban J connectivity index is 1.26. The van der Waals surface area contributed by atoms with E-state index in [2.05, 4.69) is 15.6 Å². The number of Topliss-reactive ketones (excluding diaryl/α,β-unsaturated/α-hetero) is 1. The van der Waals surface area contributed by atoms with E-state index >= 15 is 0 Å². The molecule has 2 aromatic rings. The molecule has 0 saturated carbocycles. The highest BCUT2D eigenvalue weighted by Gasteiger charge is 2.32. The number of rotatable bonds is 7. The smallest absolute Gasteiger partial charge is 0.237 e. The van der Waals surface area contributed by atoms with Crippen molar-refractivity contribution in [2.24, 2.45) is 5.92 Å². The van der Waals surface area contributed by atoms with Gasteiger partial charge in [0.1, 0.15) is 11.6 Å². The fourth-order valence-corrected chi connectivity index (χ4v) is 4.71. The third kappa shape index (κ3) is 5.10. The Morgan fingerprint density at radius 3 is 2.81 bits per heavy atom. The second kappa shape index (κ2) is 9.14. The molecule has 1 aromatic heterocycles. The minimum Gasteiger partial charge on any atom is -0.384 e. The molecule has 1 aromatic carbocycles. The van der Waals surface area contributed by atoms with Crippen LogP contribution in [0.15, 0.2) is 36.4 Å². The first-order chi connectivity index (χ1) is 14.9. The highest BCUT2D eigenvalue weighted by Crippen LogP contribution is 2.35. The minimum absolute atomic E-state index is 0.0314. The minimum atomic E-state index is -0.531. The highest BCUT2D eigenvalue weighted by atomic mass is 19.1. The molecule has 1 amide bonds. The second-order valence-corrected chi connectivity index (χ2v) is 8.80. The molecule has 4 atom stereocenters. The Labute approximate surface area is 181 Å². The van der Waals surface area contributed by atoms with E-state index in [1.807, 2.05) is 6.07 Å². The summed E-state index contributed by atoms with van der Waals surface area (Å²) in [5.74, 6) is 0.605. The summed E-state index contributed by atoms with van der Waals surface area (Å²) in [7, 11) is 0. The molecule has 4 N–H and O–H groups in total. The van der Waals surface area contributed by atoms with Gasteiger partial charge in [0.25, 0.3) is 0 Å². The topological polar surface area (TPSA) is 97.1 Å². The fraction of sp³-hybridized carbons (Fsp3) is 0.458. The molecule has 31 heavy (non-hydrogen) atoms. The Bertz CT molecular complexity index is 963. The van der Waals surface area contributed by atoms with Gasteiger partial charge in [0.05, 0.1) is 12.1 Å². The third-order valence-electron chi connectivity index (χ3n) is 6.47. The Hall–Kier alpha value is -2.80. The summed E-state index contributed by atoms with van der Waals surface area (Å²) in [5, 5.41) is 6.14. The largest absolute Gasteiger partial charge is 0.384 e. The lowest BCUT2D eigenvalue weighted by Gasteiger charge is -2.18. The number of nitrogens with zero attached hydrogens (tertiary/aromatic N) is 1. The van der Waals surface area contributed by atoms with Crippen molar-refractivity contribution in [1.29, 1.82) is 0 Å². The molecule has 4 rings (SSSR count). The van der Waals surface area contributed by atoms with Gasteiger partial charge in [-0.05, 0) is 80.3 Å². The van der Waals surface area contributed by atoms with Gasteiger partial charge < -0.3 is 16.4 Å². The van der Waals surface area contributed by atoms with E-state index in [9.17, 15) is 14.0 Å². The summed E-state index contributed by atoms with van der Waals surface area (Å²) < 4.78 is 13.1. The van der Waals surface area contributed by atoms with Gasteiger partial charge in [-0.3, -0.25) is 9.59 Å². The molecule has 0 radical (unpaired) electrons. The first kappa shape index (κ1) is 21.4. The van der Waals surface area contributed by atoms with Crippen LogP contribution < -0.4 is 16.4 Å². The Morgan fingerprint density at radius 1 is 1.26 bits per heavy atom. The second-order valence-electron chi connectivity index (χ2n) is 8.80. The summed E-state index contributed by atoms with van der Waals surface area (Å²) >= 11 is 0. The van der Waals surface area contributed by atoms with E-state index in [1.165, 1.54) is 12.1 Å². The van der Waals surface area contributed by atoms with Crippen molar-refractivity contribution >= 4 is 17.5 Å². The number of amides is 1. The maximum Gasteiger partial charge on any atom is 0.237 e. The van der Waals surface area contributed by atoms with Crippen molar-refractivity contribution in [1.82, 2.24) is 15.6 Å². The highest BCUT2D eigenvalue weighted by molar-refractivity contribution is 5.91. The number of benzene rings is 1. The van der Waals surface area contributed by atoms with Crippen LogP contribution >= 0.6 is 0 Å². The van der Waals surface area contributed by atoms with Crippen molar-refractivity contribution < 1.29 is 14.0 Å². The van der Waals surface area contributed by atoms with Crippen molar-refractivity contribution in [3.05, 3.63) is 59.0 Å². The van der Waals surface area contributed by atoms with Crippen molar-refractivity contribution in [3.63, 3.8) is 0 Å². The van der Waals surface area contributed by atoms with Gasteiger partial charge in [-0.15, -0.1) is 0 Å². The number of hydrogen-bond acceptors (Lipinski definition) is 5. The quantitative estimate of drug-likeness (QED) is 0.635. The number of pyridine rings is 1. The van der Waals surface area contributed by atoms with E-state index in [1.54, 1.807) is 25.1 Å². The van der Waals surface area contributed by atoms with Gasteiger partial charge in [0.2, 0.25) is 5.91 Å². The van der Waals surface area contributed by atoms with Crippen LogP contribution in [0.4, 0.5) is 10.2 Å². The number of aromatic nitrogens is 1. The van der Waals surface area contributed by atoms with E-state index in [0.29, 0.717) is 24.6 Å². The van der Waals surface area contributed by atoms with Crippen molar-refractivity contribution in [2.75, 3.05) is 12.3 Å². The number of carbonyl (C=O) groups excluding carboxylic acids is 2. The van der Waals surface area contributed by atoms with Gasteiger partial charge >= 0.3 is 0 Å². The molecular formula is C24H29FN4O2. The fourth-order valence-electron chi connectivity index (χ4n) is 4.71. The van der Waals surface area contributed by atoms with Gasteiger partial charge in [-0.25, -0.2) is 9.37 Å². The first-order valence-corrected chi connectivity index (χ1v) is 10.9. The van der Waals surface area contributed by atoms with Crippen LogP contribution in [0.3, 0.4) is 0 Å². The molecule has 1 fully saturated rings. The number of ketones is 1. The van der Waals surface area contributed by atoms with Crippen LogP contribution in [0.25, 0.3) is 0 Å². The normalized spacial score (nSPS) is 23.4. The molecule has 2 aliphatic rings. The standard InChI is InChI=1S/C24H29FN4O2/c1-14(22(30)12-17-4-8-20-19(17)7-9-23(26)29-20)28-24(31)21-11-16(13-27-21)10-15-2-5-18(25)6-3-15/h2-3,5-7,9,14,16-17,21,27H,4,8,10-13H2,1H3,(H2,26,29)(H,28,31)/t14-,16-,17?,21+/m0/s1. The van der Waals surface area contributed by atoms with Gasteiger partial charge in [0.15, 0.2) is 5.78 Å². The molecule has 6 nitrogen and oxygen atoms in total. The zero-order valence-corrected chi connectivity index (χ0v) is 17.7. The summed E-state index contributed by atoms with van der Waals surface area (Å²) in [6.45, 7) is 2.48. The summed E-state index contributed by atoms with van der Waals surface area (Å²) in [4.78, 5) is 29.8. The number of nitrogen functional groups attached to an aromatic ring is 1. The van der Waals surface area contributed by atoms with Crippen LogP contribution in [-0.2, 0) is 22.4 Å². The SMILES string of the molecule is C[C@H](NC(=O)[C@H]1C[C@H](Cc2ccc(F)cc2)CN1)C(=O)CC1CCc2nc(N)ccc21. The van der Waals surface area contributed by atoms with Crippen LogP contribution in [-0.4, -0.2) is 35.3 Å². The first-order valence-electron chi connectivity index (χ1n) is 10.9. The van der Waals surface area contributed by atoms with E-state index in [-0.39, 0.29) is 29.5 Å². The lowest BCUT2D eigenvalue weighted by atomic mass is 9.94. The maximum atomic E-state index is 13.1. The zero-order valence-electron chi connectivity index (χ0n) is 17.7. The number of hydrogen-bond donors (Lipinski definition) is 3. The molecule has 1 saturated heterocycles.